The number of carbonyl (C=O) groups is 1. The first kappa shape index (κ1) is 12.4. The van der Waals surface area contributed by atoms with E-state index >= 15 is 0 Å². The van der Waals surface area contributed by atoms with E-state index in [1.165, 1.54) is 0 Å². The maximum atomic E-state index is 11.3. The van der Waals surface area contributed by atoms with Crippen molar-refractivity contribution < 1.29 is 9.90 Å². The van der Waals surface area contributed by atoms with Gasteiger partial charge < -0.3 is 5.11 Å². The van der Waals surface area contributed by atoms with Crippen molar-refractivity contribution in [1.29, 1.82) is 0 Å². The van der Waals surface area contributed by atoms with E-state index in [2.05, 4.69) is 10.5 Å². The van der Waals surface area contributed by atoms with Gasteiger partial charge in [0.25, 0.3) is 0 Å². The first-order valence-electron chi connectivity index (χ1n) is 6.49. The Hall–Kier alpha value is -2.62. The van der Waals surface area contributed by atoms with Gasteiger partial charge in [0.05, 0.1) is 17.0 Å². The molecular formula is C16H14N2O2. The van der Waals surface area contributed by atoms with Crippen molar-refractivity contribution in [2.75, 3.05) is 5.43 Å². The minimum Gasteiger partial charge on any atom is -0.478 e. The Morgan fingerprint density at radius 3 is 2.60 bits per heavy atom. The number of rotatable bonds is 3. The summed E-state index contributed by atoms with van der Waals surface area (Å²) >= 11 is 0. The van der Waals surface area contributed by atoms with Crippen LogP contribution in [0.2, 0.25) is 0 Å². The Morgan fingerprint density at radius 1 is 1.05 bits per heavy atom. The third-order valence-electron chi connectivity index (χ3n) is 3.39. The van der Waals surface area contributed by atoms with E-state index in [0.717, 1.165) is 35.4 Å². The van der Waals surface area contributed by atoms with Gasteiger partial charge in [0.15, 0.2) is 0 Å². The highest BCUT2D eigenvalue weighted by Gasteiger charge is 2.24. The highest BCUT2D eigenvalue weighted by Crippen LogP contribution is 2.26. The van der Waals surface area contributed by atoms with Crippen molar-refractivity contribution in [3.8, 4) is 0 Å². The first-order chi connectivity index (χ1) is 9.75. The Bertz CT molecular complexity index is 678. The van der Waals surface area contributed by atoms with Crippen LogP contribution in [0.5, 0.6) is 0 Å². The van der Waals surface area contributed by atoms with Crippen molar-refractivity contribution in [2.45, 2.75) is 12.8 Å². The summed E-state index contributed by atoms with van der Waals surface area (Å²) in [5, 5.41) is 13.7. The normalized spacial score (nSPS) is 15.1. The van der Waals surface area contributed by atoms with Crippen LogP contribution in [0, 0.1) is 0 Å². The Morgan fingerprint density at radius 2 is 1.85 bits per heavy atom. The van der Waals surface area contributed by atoms with Gasteiger partial charge in [0, 0.05) is 5.56 Å². The van der Waals surface area contributed by atoms with Crippen LogP contribution in [0.25, 0.3) is 0 Å². The molecule has 0 saturated heterocycles. The fourth-order valence-electron chi connectivity index (χ4n) is 2.46. The molecule has 0 radical (unpaired) electrons. The number of carboxylic acid groups (broad SMARTS) is 1. The molecule has 0 fully saturated rings. The molecule has 1 aliphatic rings. The van der Waals surface area contributed by atoms with Crippen molar-refractivity contribution in [1.82, 2.24) is 0 Å². The summed E-state index contributed by atoms with van der Waals surface area (Å²) in [6, 6.07) is 15.0. The maximum absolute atomic E-state index is 11.3. The molecule has 0 atom stereocenters. The molecule has 0 spiro atoms. The van der Waals surface area contributed by atoms with Crippen LogP contribution in [0.1, 0.15) is 27.9 Å². The fourth-order valence-corrected chi connectivity index (χ4v) is 2.46. The number of hydrazone groups is 1. The fraction of sp³-hybridized carbons (Fsp3) is 0.125. The van der Waals surface area contributed by atoms with E-state index in [1.54, 1.807) is 12.1 Å². The summed E-state index contributed by atoms with van der Waals surface area (Å²) < 4.78 is 0. The number of aryl methyl sites for hydroxylation is 1. The molecule has 2 aromatic carbocycles. The molecule has 2 N–H and O–H groups in total. The molecule has 0 saturated carbocycles. The minimum absolute atomic E-state index is 0.327. The SMILES string of the molecule is O=C(O)c1cccc2c1C(=NNc1ccccc1)CC2. The summed E-state index contributed by atoms with van der Waals surface area (Å²) in [6.45, 7) is 0. The maximum Gasteiger partial charge on any atom is 0.336 e. The number of para-hydroxylation sites is 1. The lowest BCUT2D eigenvalue weighted by atomic mass is 10.0. The number of anilines is 1. The summed E-state index contributed by atoms with van der Waals surface area (Å²) in [4.78, 5) is 11.3. The molecule has 4 nitrogen and oxygen atoms in total. The minimum atomic E-state index is -0.906. The van der Waals surface area contributed by atoms with Gasteiger partial charge in [0.2, 0.25) is 0 Å². The van der Waals surface area contributed by atoms with Crippen molar-refractivity contribution >= 4 is 17.4 Å². The largest absolute Gasteiger partial charge is 0.478 e. The van der Waals surface area contributed by atoms with Crippen LogP contribution in [-0.4, -0.2) is 16.8 Å². The number of fused-ring (bicyclic) bond motifs is 1. The zero-order valence-corrected chi connectivity index (χ0v) is 10.8. The van der Waals surface area contributed by atoms with Crippen molar-refractivity contribution in [3.05, 3.63) is 65.2 Å². The van der Waals surface area contributed by atoms with Crippen LogP contribution < -0.4 is 5.43 Å². The lowest BCUT2D eigenvalue weighted by Gasteiger charge is -2.06. The van der Waals surface area contributed by atoms with Gasteiger partial charge in [-0.3, -0.25) is 5.43 Å². The van der Waals surface area contributed by atoms with Gasteiger partial charge in [-0.15, -0.1) is 0 Å². The highest BCUT2D eigenvalue weighted by atomic mass is 16.4. The lowest BCUT2D eigenvalue weighted by molar-refractivity contribution is 0.0696. The smallest absolute Gasteiger partial charge is 0.336 e. The number of hydrogen-bond donors (Lipinski definition) is 2. The number of benzene rings is 2. The third kappa shape index (κ3) is 2.28. The summed E-state index contributed by atoms with van der Waals surface area (Å²) in [7, 11) is 0. The van der Waals surface area contributed by atoms with Gasteiger partial charge in [0.1, 0.15) is 0 Å². The molecule has 0 unspecified atom stereocenters. The van der Waals surface area contributed by atoms with Gasteiger partial charge in [-0.1, -0.05) is 30.3 Å². The molecule has 100 valence electrons. The molecule has 20 heavy (non-hydrogen) atoms. The van der Waals surface area contributed by atoms with E-state index in [9.17, 15) is 9.90 Å². The van der Waals surface area contributed by atoms with Gasteiger partial charge in [-0.2, -0.15) is 5.10 Å². The molecule has 0 amide bonds. The quantitative estimate of drug-likeness (QED) is 0.839. The second-order valence-corrected chi connectivity index (χ2v) is 4.68. The number of carboxylic acids is 1. The highest BCUT2D eigenvalue weighted by molar-refractivity contribution is 6.11. The molecule has 3 rings (SSSR count). The second kappa shape index (κ2) is 5.17. The Labute approximate surface area is 116 Å². The van der Waals surface area contributed by atoms with Crippen molar-refractivity contribution in [2.24, 2.45) is 5.10 Å². The van der Waals surface area contributed by atoms with E-state index in [0.29, 0.717) is 5.56 Å². The summed E-state index contributed by atoms with van der Waals surface area (Å²) in [6.07, 6.45) is 1.60. The molecule has 0 bridgehead atoms. The van der Waals surface area contributed by atoms with E-state index < -0.39 is 5.97 Å². The van der Waals surface area contributed by atoms with E-state index in [-0.39, 0.29) is 0 Å². The topological polar surface area (TPSA) is 61.7 Å². The van der Waals surface area contributed by atoms with E-state index in [1.807, 2.05) is 36.4 Å². The first-order valence-corrected chi connectivity index (χ1v) is 6.49. The number of aromatic carboxylic acids is 1. The molecule has 0 heterocycles. The summed E-state index contributed by atoms with van der Waals surface area (Å²) in [5.41, 5.74) is 6.83. The van der Waals surface area contributed by atoms with Crippen molar-refractivity contribution in [3.63, 3.8) is 0 Å². The predicted molar refractivity (Wildman–Crippen MR) is 78.3 cm³/mol. The van der Waals surface area contributed by atoms with Crippen LogP contribution in [0.3, 0.4) is 0 Å². The molecule has 4 heteroatoms. The monoisotopic (exact) mass is 266 g/mol. The zero-order valence-electron chi connectivity index (χ0n) is 10.8. The molecular weight excluding hydrogens is 252 g/mol. The third-order valence-corrected chi connectivity index (χ3v) is 3.39. The molecule has 2 aromatic rings. The number of nitrogens with zero attached hydrogens (tertiary/aromatic N) is 1. The lowest BCUT2D eigenvalue weighted by Crippen LogP contribution is -2.08. The summed E-state index contributed by atoms with van der Waals surface area (Å²) in [5.74, 6) is -0.906. The number of nitrogens with one attached hydrogen (secondary N) is 1. The van der Waals surface area contributed by atoms with Crippen LogP contribution in [0.15, 0.2) is 53.6 Å². The van der Waals surface area contributed by atoms with Crippen LogP contribution in [0.4, 0.5) is 5.69 Å². The second-order valence-electron chi connectivity index (χ2n) is 4.68. The molecule has 1 aliphatic carbocycles. The zero-order chi connectivity index (χ0) is 13.9. The Kier molecular flexibility index (Phi) is 3.21. The standard InChI is InChI=1S/C16H14N2O2/c19-16(20)13-8-4-5-11-9-10-14(15(11)13)18-17-12-6-2-1-3-7-12/h1-8,17H,9-10H2,(H,19,20). The predicted octanol–water partition coefficient (Wildman–Crippen LogP) is 3.15. The van der Waals surface area contributed by atoms with E-state index in [4.69, 9.17) is 0 Å². The average Bonchev–Trinajstić information content (AvgIpc) is 2.89. The van der Waals surface area contributed by atoms with Gasteiger partial charge in [-0.05, 0) is 36.6 Å². The molecule has 0 aromatic heterocycles. The van der Waals surface area contributed by atoms with Gasteiger partial charge >= 0.3 is 5.97 Å². The van der Waals surface area contributed by atoms with Crippen LogP contribution >= 0.6 is 0 Å². The Balaban J connectivity index is 1.94. The number of hydrogen-bond acceptors (Lipinski definition) is 3. The molecule has 0 aliphatic heterocycles. The van der Waals surface area contributed by atoms with Crippen LogP contribution in [-0.2, 0) is 6.42 Å². The average molecular weight is 266 g/mol. The van der Waals surface area contributed by atoms with Gasteiger partial charge in [-0.25, -0.2) is 4.79 Å².